The lowest BCUT2D eigenvalue weighted by Gasteiger charge is -2.28. The van der Waals surface area contributed by atoms with Crippen molar-refractivity contribution in [2.45, 2.75) is 29.8 Å². The predicted octanol–water partition coefficient (Wildman–Crippen LogP) is 2.10. The molecule has 0 aliphatic carbocycles. The van der Waals surface area contributed by atoms with Crippen molar-refractivity contribution in [1.29, 1.82) is 0 Å². The highest BCUT2D eigenvalue weighted by molar-refractivity contribution is 7.85. The molecule has 3 N–H and O–H groups in total. The number of halogens is 2. The van der Waals surface area contributed by atoms with Gasteiger partial charge in [-0.15, -0.1) is 16.4 Å². The third-order valence-corrected chi connectivity index (χ3v) is 6.54. The standard InChI is InChI=1S/C17H14B2F2N4O2S2/c1-7-8(2)24-25-15-11(7)12(22)13(28-15)14(26)23-17(18,19)9-3-5-10(6-4-9)29(27)16(20)21/h3-6,16H,22H2,1-2H3,(H,23,26). The SMILES string of the molecule is [B]C([B])(NC(=O)c1sc2nnc(C)c(C)c2c1N)c1ccc(S(=O)C(F)F)cc1. The van der Waals surface area contributed by atoms with Crippen LogP contribution in [-0.4, -0.2) is 41.8 Å². The van der Waals surface area contributed by atoms with Gasteiger partial charge in [0.25, 0.3) is 5.91 Å². The minimum atomic E-state index is -3.01. The van der Waals surface area contributed by atoms with E-state index in [2.05, 4.69) is 15.5 Å². The molecule has 1 aromatic carbocycles. The van der Waals surface area contributed by atoms with Crippen molar-refractivity contribution < 1.29 is 17.8 Å². The van der Waals surface area contributed by atoms with Gasteiger partial charge in [-0.1, -0.05) is 12.1 Å². The number of amides is 1. The van der Waals surface area contributed by atoms with Crippen LogP contribution in [-0.2, 0) is 16.1 Å². The number of nitrogens with two attached hydrogens (primary N) is 1. The molecule has 0 spiro atoms. The molecule has 6 nitrogen and oxygen atoms in total. The summed E-state index contributed by atoms with van der Waals surface area (Å²) in [7, 11) is 9.58. The summed E-state index contributed by atoms with van der Waals surface area (Å²) in [5, 5.41) is 9.38. The number of carbonyl (C=O) groups is 1. The van der Waals surface area contributed by atoms with Gasteiger partial charge in [-0.25, -0.2) is 4.21 Å². The summed E-state index contributed by atoms with van der Waals surface area (Å²) in [4.78, 5) is 13.4. The van der Waals surface area contributed by atoms with Crippen LogP contribution in [0.2, 0.25) is 0 Å². The first kappa shape index (κ1) is 21.4. The number of nitrogens with zero attached hydrogens (tertiary/aromatic N) is 2. The zero-order valence-electron chi connectivity index (χ0n) is 15.4. The summed E-state index contributed by atoms with van der Waals surface area (Å²) < 4.78 is 36.6. The zero-order valence-corrected chi connectivity index (χ0v) is 17.0. The quantitative estimate of drug-likeness (QED) is 0.605. The first-order valence-corrected chi connectivity index (χ1v) is 10.3. The van der Waals surface area contributed by atoms with E-state index in [0.717, 1.165) is 16.9 Å². The molecule has 1 atom stereocenters. The summed E-state index contributed by atoms with van der Waals surface area (Å²) in [6, 6.07) is 5.08. The number of alkyl halides is 2. The largest absolute Gasteiger partial charge is 0.397 e. The number of rotatable bonds is 5. The number of carbonyl (C=O) groups excluding carboxylic acids is 1. The lowest BCUT2D eigenvalue weighted by atomic mass is 9.58. The average molecular weight is 430 g/mol. The van der Waals surface area contributed by atoms with Crippen LogP contribution < -0.4 is 11.1 Å². The number of hydrogen-bond donors (Lipinski definition) is 2. The molecule has 3 aromatic rings. The summed E-state index contributed by atoms with van der Waals surface area (Å²) >= 11 is 1.05. The Kier molecular flexibility index (Phi) is 5.77. The fourth-order valence-electron chi connectivity index (χ4n) is 2.69. The number of anilines is 1. The van der Waals surface area contributed by atoms with Gasteiger partial charge in [0, 0.05) is 10.3 Å². The topological polar surface area (TPSA) is 98.0 Å². The van der Waals surface area contributed by atoms with Crippen LogP contribution in [0.15, 0.2) is 29.2 Å². The predicted molar refractivity (Wildman–Crippen MR) is 111 cm³/mol. The Morgan fingerprint density at radius 3 is 2.45 bits per heavy atom. The van der Waals surface area contributed by atoms with Crippen molar-refractivity contribution >= 4 is 59.6 Å². The summed E-state index contributed by atoms with van der Waals surface area (Å²) in [5.41, 5.74) is 8.13. The lowest BCUT2D eigenvalue weighted by Crippen LogP contribution is -2.47. The fraction of sp³-hybridized carbons (Fsp3) is 0.235. The Morgan fingerprint density at radius 1 is 1.24 bits per heavy atom. The molecule has 0 fully saturated rings. The van der Waals surface area contributed by atoms with E-state index in [0.29, 0.717) is 15.9 Å². The Hall–Kier alpha value is -2.33. The van der Waals surface area contributed by atoms with Crippen molar-refractivity contribution in [1.82, 2.24) is 15.5 Å². The number of fused-ring (bicyclic) bond motifs is 1. The van der Waals surface area contributed by atoms with E-state index >= 15 is 0 Å². The molecule has 146 valence electrons. The highest BCUT2D eigenvalue weighted by atomic mass is 32.2. The van der Waals surface area contributed by atoms with Crippen LogP contribution in [0.25, 0.3) is 10.2 Å². The van der Waals surface area contributed by atoms with Gasteiger partial charge in [0.2, 0.25) is 0 Å². The molecular formula is C17H14B2F2N4O2S2. The molecule has 2 heterocycles. The third-order valence-electron chi connectivity index (χ3n) is 4.39. The second-order valence-corrected chi connectivity index (χ2v) is 8.76. The van der Waals surface area contributed by atoms with Crippen LogP contribution in [0.3, 0.4) is 0 Å². The molecule has 29 heavy (non-hydrogen) atoms. The second-order valence-electron chi connectivity index (χ2n) is 6.34. The molecule has 0 aliphatic heterocycles. The van der Waals surface area contributed by atoms with Crippen molar-refractivity contribution in [2.24, 2.45) is 0 Å². The second kappa shape index (κ2) is 7.83. The van der Waals surface area contributed by atoms with Crippen molar-refractivity contribution in [2.75, 3.05) is 5.73 Å². The first-order chi connectivity index (χ1) is 13.5. The van der Waals surface area contributed by atoms with Crippen molar-refractivity contribution in [3.05, 3.63) is 46.0 Å². The minimum Gasteiger partial charge on any atom is -0.397 e. The van der Waals surface area contributed by atoms with Gasteiger partial charge in [0.1, 0.15) is 20.5 Å². The number of thiophene rings is 1. The van der Waals surface area contributed by atoms with Gasteiger partial charge >= 0.3 is 5.76 Å². The van der Waals surface area contributed by atoms with Gasteiger partial charge in [-0.2, -0.15) is 13.9 Å². The molecule has 0 saturated heterocycles. The third kappa shape index (κ3) is 4.04. The van der Waals surface area contributed by atoms with Crippen LogP contribution >= 0.6 is 11.3 Å². The Labute approximate surface area is 174 Å². The number of nitrogens with one attached hydrogen (secondary N) is 1. The molecule has 4 radical (unpaired) electrons. The van der Waals surface area contributed by atoms with E-state index in [4.69, 9.17) is 21.4 Å². The molecule has 1 amide bonds. The molecule has 3 rings (SSSR count). The first-order valence-electron chi connectivity index (χ1n) is 8.24. The molecule has 1 unspecified atom stereocenters. The molecule has 0 aliphatic rings. The van der Waals surface area contributed by atoms with Crippen LogP contribution in [0, 0.1) is 13.8 Å². The van der Waals surface area contributed by atoms with Gasteiger partial charge in [0.05, 0.1) is 27.1 Å². The number of nitrogen functional groups attached to an aromatic ring is 1. The Bertz CT molecular complexity index is 1120. The molecule has 0 saturated carbocycles. The summed E-state index contributed by atoms with van der Waals surface area (Å²) in [6.07, 6.45) is 0. The minimum absolute atomic E-state index is 0.0796. The highest BCUT2D eigenvalue weighted by Crippen LogP contribution is 2.35. The van der Waals surface area contributed by atoms with Gasteiger partial charge < -0.3 is 11.1 Å². The monoisotopic (exact) mass is 430 g/mol. The zero-order chi connectivity index (χ0) is 21.5. The van der Waals surface area contributed by atoms with Crippen LogP contribution in [0.1, 0.15) is 26.5 Å². The number of hydrogen-bond acceptors (Lipinski definition) is 6. The molecule has 2 aromatic heterocycles. The Morgan fingerprint density at radius 2 is 1.86 bits per heavy atom. The van der Waals surface area contributed by atoms with Gasteiger partial charge in [-0.3, -0.25) is 4.79 Å². The summed E-state index contributed by atoms with van der Waals surface area (Å²) in [6.45, 7) is 3.62. The lowest BCUT2D eigenvalue weighted by molar-refractivity contribution is 0.0947. The van der Waals surface area contributed by atoms with E-state index in [1.807, 2.05) is 6.92 Å². The highest BCUT2D eigenvalue weighted by Gasteiger charge is 2.27. The molecule has 12 heteroatoms. The van der Waals surface area contributed by atoms with Crippen LogP contribution in [0.4, 0.5) is 14.5 Å². The van der Waals surface area contributed by atoms with E-state index in [1.165, 1.54) is 24.3 Å². The number of benzene rings is 1. The van der Waals surface area contributed by atoms with E-state index in [9.17, 15) is 17.8 Å². The van der Waals surface area contributed by atoms with Crippen molar-refractivity contribution in [3.63, 3.8) is 0 Å². The van der Waals surface area contributed by atoms with E-state index in [-0.39, 0.29) is 21.0 Å². The van der Waals surface area contributed by atoms with Gasteiger partial charge in [0.15, 0.2) is 0 Å². The Balaban J connectivity index is 1.88. The van der Waals surface area contributed by atoms with Crippen LogP contribution in [0.5, 0.6) is 0 Å². The van der Waals surface area contributed by atoms with Crippen molar-refractivity contribution in [3.8, 4) is 0 Å². The number of aromatic nitrogens is 2. The average Bonchev–Trinajstić information content (AvgIpc) is 3.01. The van der Waals surface area contributed by atoms with E-state index in [1.54, 1.807) is 6.92 Å². The maximum atomic E-state index is 12.7. The molecular weight excluding hydrogens is 416 g/mol. The van der Waals surface area contributed by atoms with E-state index < -0.39 is 27.8 Å². The maximum Gasteiger partial charge on any atom is 0.316 e. The smallest absolute Gasteiger partial charge is 0.316 e. The maximum absolute atomic E-state index is 12.7. The number of aryl methyl sites for hydroxylation is 2. The fourth-order valence-corrected chi connectivity index (χ4v) is 4.30. The summed E-state index contributed by atoms with van der Waals surface area (Å²) in [5.74, 6) is -3.63. The molecule has 0 bridgehead atoms. The van der Waals surface area contributed by atoms with Gasteiger partial charge in [-0.05, 0) is 42.4 Å². The normalized spacial score (nSPS) is 13.0.